The molecule has 0 saturated heterocycles. The van der Waals surface area contributed by atoms with Crippen LogP contribution in [0.4, 0.5) is 0 Å². The molecule has 2 aliphatic carbocycles. The van der Waals surface area contributed by atoms with Gasteiger partial charge in [0.1, 0.15) is 5.75 Å². The smallest absolute Gasteiger partial charge is 0.304 e. The van der Waals surface area contributed by atoms with Crippen LogP contribution in [-0.2, 0) is 10.2 Å². The van der Waals surface area contributed by atoms with Gasteiger partial charge in [0.25, 0.3) is 0 Å². The van der Waals surface area contributed by atoms with Gasteiger partial charge < -0.3 is 9.84 Å². The molecule has 0 radical (unpaired) electrons. The molecule has 3 nitrogen and oxygen atoms in total. The highest BCUT2D eigenvalue weighted by Crippen LogP contribution is 2.54. The highest BCUT2D eigenvalue weighted by molar-refractivity contribution is 5.70. The Labute approximate surface area is 120 Å². The van der Waals surface area contributed by atoms with E-state index in [4.69, 9.17) is 9.84 Å². The zero-order valence-corrected chi connectivity index (χ0v) is 12.0. The minimum Gasteiger partial charge on any atom is -0.496 e. The molecule has 0 spiro atoms. The van der Waals surface area contributed by atoms with Gasteiger partial charge in [0.05, 0.1) is 13.5 Å². The van der Waals surface area contributed by atoms with Crippen LogP contribution in [0.1, 0.15) is 62.0 Å². The highest BCUT2D eigenvalue weighted by atomic mass is 16.5. The minimum absolute atomic E-state index is 0.175. The van der Waals surface area contributed by atoms with E-state index in [1.807, 2.05) is 6.07 Å². The van der Waals surface area contributed by atoms with Crippen molar-refractivity contribution in [1.29, 1.82) is 0 Å². The van der Waals surface area contributed by atoms with Crippen LogP contribution in [0.5, 0.6) is 5.75 Å². The van der Waals surface area contributed by atoms with E-state index in [9.17, 15) is 4.79 Å². The molecule has 3 heteroatoms. The fourth-order valence-electron chi connectivity index (χ4n) is 3.63. The first-order valence-electron chi connectivity index (χ1n) is 7.55. The topological polar surface area (TPSA) is 46.5 Å². The van der Waals surface area contributed by atoms with Gasteiger partial charge in [-0.05, 0) is 43.2 Å². The van der Waals surface area contributed by atoms with Crippen LogP contribution in [0.2, 0.25) is 0 Å². The first kappa shape index (κ1) is 13.5. The Morgan fingerprint density at radius 3 is 2.60 bits per heavy atom. The van der Waals surface area contributed by atoms with Gasteiger partial charge >= 0.3 is 5.97 Å². The number of hydrogen-bond acceptors (Lipinski definition) is 2. The molecule has 1 aromatic rings. The maximum Gasteiger partial charge on any atom is 0.304 e. The molecule has 1 aromatic carbocycles. The van der Waals surface area contributed by atoms with Crippen molar-refractivity contribution in [2.45, 2.75) is 56.3 Å². The standard InChI is InChI=1S/C17H22O3/c1-20-15-7-6-13(12-4-2-3-5-12)10-14(15)17(8-9-17)11-16(18)19/h6-7,10,12H,2-5,8-9,11H2,1H3,(H,18,19). The van der Waals surface area contributed by atoms with Crippen molar-refractivity contribution in [3.63, 3.8) is 0 Å². The molecular weight excluding hydrogens is 252 g/mol. The quantitative estimate of drug-likeness (QED) is 0.886. The van der Waals surface area contributed by atoms with Crippen LogP contribution >= 0.6 is 0 Å². The van der Waals surface area contributed by atoms with E-state index < -0.39 is 5.97 Å². The number of carboxylic acids is 1. The van der Waals surface area contributed by atoms with Gasteiger partial charge in [0, 0.05) is 11.0 Å². The van der Waals surface area contributed by atoms with E-state index >= 15 is 0 Å². The van der Waals surface area contributed by atoms with Gasteiger partial charge in [-0.15, -0.1) is 0 Å². The molecule has 1 N–H and O–H groups in total. The Balaban J connectivity index is 1.95. The fraction of sp³-hybridized carbons (Fsp3) is 0.588. The molecular formula is C17H22O3. The molecule has 0 atom stereocenters. The van der Waals surface area contributed by atoms with Crippen molar-refractivity contribution < 1.29 is 14.6 Å². The molecule has 0 unspecified atom stereocenters. The lowest BCUT2D eigenvalue weighted by molar-refractivity contribution is -0.137. The Morgan fingerprint density at radius 2 is 2.05 bits per heavy atom. The van der Waals surface area contributed by atoms with Crippen molar-refractivity contribution in [3.8, 4) is 5.75 Å². The third-order valence-corrected chi connectivity index (χ3v) is 4.96. The average molecular weight is 274 g/mol. The van der Waals surface area contributed by atoms with Crippen molar-refractivity contribution in [1.82, 2.24) is 0 Å². The largest absolute Gasteiger partial charge is 0.496 e. The lowest BCUT2D eigenvalue weighted by atomic mass is 9.87. The number of ether oxygens (including phenoxy) is 1. The predicted molar refractivity (Wildman–Crippen MR) is 77.4 cm³/mol. The maximum absolute atomic E-state index is 11.1. The van der Waals surface area contributed by atoms with Crippen LogP contribution in [0, 0.1) is 0 Å². The van der Waals surface area contributed by atoms with Crippen LogP contribution < -0.4 is 4.74 Å². The van der Waals surface area contributed by atoms with Gasteiger partial charge in [-0.25, -0.2) is 0 Å². The molecule has 2 fully saturated rings. The first-order valence-corrected chi connectivity index (χ1v) is 7.55. The summed E-state index contributed by atoms with van der Waals surface area (Å²) in [5.74, 6) is 0.793. The van der Waals surface area contributed by atoms with Crippen LogP contribution in [0.25, 0.3) is 0 Å². The SMILES string of the molecule is COc1ccc(C2CCCC2)cc1C1(CC(=O)O)CC1. The Bertz CT molecular complexity index is 511. The molecule has 0 bridgehead atoms. The van der Waals surface area contributed by atoms with Crippen LogP contribution in [-0.4, -0.2) is 18.2 Å². The van der Waals surface area contributed by atoms with E-state index in [0.29, 0.717) is 5.92 Å². The third kappa shape index (κ3) is 2.41. The Kier molecular flexibility index (Phi) is 3.45. The normalized spacial score (nSPS) is 20.9. The number of carbonyl (C=O) groups is 1. The van der Waals surface area contributed by atoms with Gasteiger partial charge in [0.15, 0.2) is 0 Å². The minimum atomic E-state index is -0.712. The van der Waals surface area contributed by atoms with Crippen molar-refractivity contribution in [2.75, 3.05) is 7.11 Å². The summed E-state index contributed by atoms with van der Waals surface area (Å²) in [7, 11) is 1.67. The summed E-state index contributed by atoms with van der Waals surface area (Å²) in [5, 5.41) is 9.15. The molecule has 2 aliphatic rings. The molecule has 108 valence electrons. The number of methoxy groups -OCH3 is 1. The van der Waals surface area contributed by atoms with E-state index in [2.05, 4.69) is 12.1 Å². The number of rotatable bonds is 5. The van der Waals surface area contributed by atoms with Gasteiger partial charge in [-0.1, -0.05) is 25.0 Å². The molecule has 0 aliphatic heterocycles. The Hall–Kier alpha value is -1.51. The average Bonchev–Trinajstić information content (AvgIpc) is 3.01. The second-order valence-corrected chi connectivity index (χ2v) is 6.29. The summed E-state index contributed by atoms with van der Waals surface area (Å²) in [6.07, 6.45) is 7.29. The summed E-state index contributed by atoms with van der Waals surface area (Å²) in [4.78, 5) is 11.1. The lowest BCUT2D eigenvalue weighted by Crippen LogP contribution is -2.14. The number of carboxylic acid groups (broad SMARTS) is 1. The number of benzene rings is 1. The molecule has 20 heavy (non-hydrogen) atoms. The molecule has 0 aromatic heterocycles. The lowest BCUT2D eigenvalue weighted by Gasteiger charge is -2.20. The van der Waals surface area contributed by atoms with E-state index in [0.717, 1.165) is 24.2 Å². The zero-order chi connectivity index (χ0) is 14.2. The third-order valence-electron chi connectivity index (χ3n) is 4.96. The number of hydrogen-bond donors (Lipinski definition) is 1. The zero-order valence-electron chi connectivity index (χ0n) is 12.0. The predicted octanol–water partition coefficient (Wildman–Crippen LogP) is 3.86. The summed E-state index contributed by atoms with van der Waals surface area (Å²) >= 11 is 0. The van der Waals surface area contributed by atoms with Gasteiger partial charge in [-0.2, -0.15) is 0 Å². The molecule has 3 rings (SSSR count). The second-order valence-electron chi connectivity index (χ2n) is 6.29. The van der Waals surface area contributed by atoms with E-state index in [1.165, 1.54) is 31.2 Å². The van der Waals surface area contributed by atoms with E-state index in [-0.39, 0.29) is 11.8 Å². The van der Waals surface area contributed by atoms with Gasteiger partial charge in [0.2, 0.25) is 0 Å². The molecule has 0 heterocycles. The monoisotopic (exact) mass is 274 g/mol. The van der Waals surface area contributed by atoms with Crippen molar-refractivity contribution in [3.05, 3.63) is 29.3 Å². The first-order chi connectivity index (χ1) is 9.64. The highest BCUT2D eigenvalue weighted by Gasteiger charge is 2.48. The summed E-state index contributed by atoms with van der Waals surface area (Å²) in [6.45, 7) is 0. The second kappa shape index (κ2) is 5.12. The van der Waals surface area contributed by atoms with E-state index in [1.54, 1.807) is 7.11 Å². The summed E-state index contributed by atoms with van der Waals surface area (Å²) in [6, 6.07) is 6.42. The number of aliphatic carboxylic acids is 1. The van der Waals surface area contributed by atoms with Crippen molar-refractivity contribution >= 4 is 5.97 Å². The summed E-state index contributed by atoms with van der Waals surface area (Å²) in [5.41, 5.74) is 2.31. The Morgan fingerprint density at radius 1 is 1.35 bits per heavy atom. The molecule has 2 saturated carbocycles. The van der Waals surface area contributed by atoms with Crippen LogP contribution in [0.3, 0.4) is 0 Å². The summed E-state index contributed by atoms with van der Waals surface area (Å²) < 4.78 is 5.48. The molecule has 0 amide bonds. The fourth-order valence-corrected chi connectivity index (χ4v) is 3.63. The maximum atomic E-state index is 11.1. The van der Waals surface area contributed by atoms with Crippen LogP contribution in [0.15, 0.2) is 18.2 Å². The van der Waals surface area contributed by atoms with Crippen molar-refractivity contribution in [2.24, 2.45) is 0 Å². The van der Waals surface area contributed by atoms with Gasteiger partial charge in [-0.3, -0.25) is 4.79 Å².